The maximum atomic E-state index is 5.34. The van der Waals surface area contributed by atoms with E-state index in [0.29, 0.717) is 0 Å². The van der Waals surface area contributed by atoms with Crippen molar-refractivity contribution in [2.24, 2.45) is 5.92 Å². The van der Waals surface area contributed by atoms with Crippen LogP contribution in [0, 0.1) is 5.92 Å². The first-order valence-electron chi connectivity index (χ1n) is 5.79. The molecule has 0 aromatic carbocycles. The monoisotopic (exact) mass is 216 g/mol. The van der Waals surface area contributed by atoms with Crippen molar-refractivity contribution in [2.45, 2.75) is 39.5 Å². The lowest BCUT2D eigenvalue weighted by Gasteiger charge is -2.11. The zero-order chi connectivity index (χ0) is 10.6. The van der Waals surface area contributed by atoms with E-state index in [2.05, 4.69) is 35.2 Å². The predicted octanol–water partition coefficient (Wildman–Crippen LogP) is 3.65. The van der Waals surface area contributed by atoms with Crippen molar-refractivity contribution in [3.8, 4) is 0 Å². The predicted molar refractivity (Wildman–Crippen MR) is 67.8 cm³/mol. The summed E-state index contributed by atoms with van der Waals surface area (Å²) in [6, 6.07) is 0. The van der Waals surface area contributed by atoms with Crippen molar-refractivity contribution in [2.75, 3.05) is 19.4 Å². The van der Waals surface area contributed by atoms with Gasteiger partial charge in [0.1, 0.15) is 0 Å². The van der Waals surface area contributed by atoms with Gasteiger partial charge in [-0.1, -0.05) is 19.1 Å². The summed E-state index contributed by atoms with van der Waals surface area (Å²) in [5.41, 5.74) is 0. The molecule has 0 bridgehead atoms. The summed E-state index contributed by atoms with van der Waals surface area (Å²) in [6.45, 7) is 6.01. The van der Waals surface area contributed by atoms with Gasteiger partial charge in [0, 0.05) is 13.2 Å². The van der Waals surface area contributed by atoms with Gasteiger partial charge in [0.25, 0.3) is 0 Å². The molecule has 0 aromatic rings. The Hall–Kier alpha value is 0.130. The number of hydrogen-bond donors (Lipinski definition) is 0. The second-order valence-electron chi connectivity index (χ2n) is 3.51. The lowest BCUT2D eigenvalue weighted by molar-refractivity contribution is 0.141. The van der Waals surface area contributed by atoms with E-state index in [0.717, 1.165) is 25.6 Å². The molecular weight excluding hydrogens is 191 g/mol. The average molecular weight is 216 g/mol. The SMILES string of the molecule is CCC=CC(CCP)CCCOCC. The zero-order valence-electron chi connectivity index (χ0n) is 9.67. The molecule has 2 heteroatoms. The summed E-state index contributed by atoms with van der Waals surface area (Å²) in [7, 11) is 2.81. The third kappa shape index (κ3) is 8.72. The highest BCUT2D eigenvalue weighted by Gasteiger charge is 2.02. The molecule has 0 radical (unpaired) electrons. The average Bonchev–Trinajstić information content (AvgIpc) is 2.20. The molecule has 0 N–H and O–H groups in total. The molecular formula is C12H25OP. The fourth-order valence-corrected chi connectivity index (χ4v) is 1.90. The highest BCUT2D eigenvalue weighted by Crippen LogP contribution is 2.15. The van der Waals surface area contributed by atoms with Crippen LogP contribution in [0.3, 0.4) is 0 Å². The molecule has 1 nitrogen and oxygen atoms in total. The van der Waals surface area contributed by atoms with Crippen molar-refractivity contribution < 1.29 is 4.74 Å². The van der Waals surface area contributed by atoms with Crippen LogP contribution in [0.5, 0.6) is 0 Å². The summed E-state index contributed by atoms with van der Waals surface area (Å²) in [5.74, 6) is 0.757. The summed E-state index contributed by atoms with van der Waals surface area (Å²) in [5, 5.41) is 0. The summed E-state index contributed by atoms with van der Waals surface area (Å²) in [6.07, 6.45) is 10.8. The molecule has 0 aliphatic carbocycles. The molecule has 84 valence electrons. The first kappa shape index (κ1) is 14.1. The van der Waals surface area contributed by atoms with Gasteiger partial charge in [0.2, 0.25) is 0 Å². The van der Waals surface area contributed by atoms with Crippen molar-refractivity contribution in [3.63, 3.8) is 0 Å². The Balaban J connectivity index is 3.56. The van der Waals surface area contributed by atoms with Crippen molar-refractivity contribution in [3.05, 3.63) is 12.2 Å². The molecule has 0 spiro atoms. The van der Waals surface area contributed by atoms with Crippen LogP contribution < -0.4 is 0 Å². The van der Waals surface area contributed by atoms with Gasteiger partial charge in [-0.15, -0.1) is 9.24 Å². The molecule has 2 atom stereocenters. The third-order valence-corrected chi connectivity index (χ3v) is 2.58. The summed E-state index contributed by atoms with van der Waals surface area (Å²) < 4.78 is 5.34. The van der Waals surface area contributed by atoms with E-state index in [1.807, 2.05) is 0 Å². The summed E-state index contributed by atoms with van der Waals surface area (Å²) in [4.78, 5) is 0. The lowest BCUT2D eigenvalue weighted by atomic mass is 10.00. The minimum Gasteiger partial charge on any atom is -0.382 e. The van der Waals surface area contributed by atoms with Crippen molar-refractivity contribution >= 4 is 9.24 Å². The first-order chi connectivity index (χ1) is 6.85. The lowest BCUT2D eigenvalue weighted by Crippen LogP contribution is -2.01. The van der Waals surface area contributed by atoms with E-state index in [1.165, 1.54) is 25.4 Å². The van der Waals surface area contributed by atoms with E-state index in [9.17, 15) is 0 Å². The van der Waals surface area contributed by atoms with E-state index in [-0.39, 0.29) is 0 Å². The normalized spacial score (nSPS) is 13.6. The minimum atomic E-state index is 0.757. The fourth-order valence-electron chi connectivity index (χ4n) is 1.47. The van der Waals surface area contributed by atoms with Crippen LogP contribution in [0.25, 0.3) is 0 Å². The number of ether oxygens (including phenoxy) is 1. The van der Waals surface area contributed by atoms with Gasteiger partial charge in [-0.25, -0.2) is 0 Å². The maximum Gasteiger partial charge on any atom is 0.0466 e. The Kier molecular flexibility index (Phi) is 11.3. The van der Waals surface area contributed by atoms with Crippen LogP contribution in [-0.4, -0.2) is 19.4 Å². The molecule has 0 aromatic heterocycles. The van der Waals surface area contributed by atoms with Crippen LogP contribution in [0.1, 0.15) is 39.5 Å². The van der Waals surface area contributed by atoms with Gasteiger partial charge in [0.15, 0.2) is 0 Å². The van der Waals surface area contributed by atoms with Gasteiger partial charge in [-0.05, 0) is 44.7 Å². The Labute approximate surface area is 91.5 Å². The molecule has 0 fully saturated rings. The molecule has 0 amide bonds. The topological polar surface area (TPSA) is 9.23 Å². The molecule has 14 heavy (non-hydrogen) atoms. The van der Waals surface area contributed by atoms with E-state index in [1.54, 1.807) is 0 Å². The van der Waals surface area contributed by atoms with Gasteiger partial charge >= 0.3 is 0 Å². The van der Waals surface area contributed by atoms with Crippen molar-refractivity contribution in [1.29, 1.82) is 0 Å². The van der Waals surface area contributed by atoms with Crippen LogP contribution in [0.15, 0.2) is 12.2 Å². The standard InChI is InChI=1S/C12H25OP/c1-3-5-7-12(9-11-14)8-6-10-13-4-2/h5,7,12H,3-4,6,8-11,14H2,1-2H3. The molecule has 0 aliphatic heterocycles. The van der Waals surface area contributed by atoms with Crippen LogP contribution >= 0.6 is 9.24 Å². The largest absolute Gasteiger partial charge is 0.382 e. The second-order valence-corrected chi connectivity index (χ2v) is 4.09. The second kappa shape index (κ2) is 11.2. The molecule has 0 rings (SSSR count). The highest BCUT2D eigenvalue weighted by molar-refractivity contribution is 7.16. The van der Waals surface area contributed by atoms with E-state index < -0.39 is 0 Å². The van der Waals surface area contributed by atoms with Crippen LogP contribution in [0.2, 0.25) is 0 Å². The van der Waals surface area contributed by atoms with Crippen LogP contribution in [0.4, 0.5) is 0 Å². The zero-order valence-corrected chi connectivity index (χ0v) is 10.8. The van der Waals surface area contributed by atoms with E-state index in [4.69, 9.17) is 4.74 Å². The van der Waals surface area contributed by atoms with Gasteiger partial charge in [-0.2, -0.15) is 0 Å². The Morgan fingerprint density at radius 3 is 2.64 bits per heavy atom. The fraction of sp³-hybridized carbons (Fsp3) is 0.833. The molecule has 0 heterocycles. The van der Waals surface area contributed by atoms with Gasteiger partial charge in [-0.3, -0.25) is 0 Å². The smallest absolute Gasteiger partial charge is 0.0466 e. The minimum absolute atomic E-state index is 0.757. The Bertz CT molecular complexity index is 134. The van der Waals surface area contributed by atoms with E-state index >= 15 is 0 Å². The number of hydrogen-bond acceptors (Lipinski definition) is 1. The van der Waals surface area contributed by atoms with Gasteiger partial charge < -0.3 is 4.74 Å². The Morgan fingerprint density at radius 1 is 1.29 bits per heavy atom. The summed E-state index contributed by atoms with van der Waals surface area (Å²) >= 11 is 0. The number of allylic oxidation sites excluding steroid dienone is 2. The molecule has 0 aliphatic rings. The molecule has 0 saturated carbocycles. The number of rotatable bonds is 9. The highest BCUT2D eigenvalue weighted by atomic mass is 31.0. The first-order valence-corrected chi connectivity index (χ1v) is 6.61. The maximum absolute atomic E-state index is 5.34. The molecule has 0 saturated heterocycles. The molecule has 2 unspecified atom stereocenters. The Morgan fingerprint density at radius 2 is 2.07 bits per heavy atom. The van der Waals surface area contributed by atoms with Gasteiger partial charge in [0.05, 0.1) is 0 Å². The third-order valence-electron chi connectivity index (χ3n) is 2.25. The van der Waals surface area contributed by atoms with Crippen LogP contribution in [-0.2, 0) is 4.74 Å². The van der Waals surface area contributed by atoms with Crippen molar-refractivity contribution in [1.82, 2.24) is 0 Å². The quantitative estimate of drug-likeness (QED) is 0.325.